The van der Waals surface area contributed by atoms with E-state index in [1.807, 2.05) is 0 Å². The van der Waals surface area contributed by atoms with Crippen LogP contribution in [0.3, 0.4) is 0 Å². The quantitative estimate of drug-likeness (QED) is 0.892. The molecule has 0 bridgehead atoms. The highest BCUT2D eigenvalue weighted by molar-refractivity contribution is 8.02. The fraction of sp³-hybridized carbons (Fsp3) is 0.667. The van der Waals surface area contributed by atoms with E-state index in [0.29, 0.717) is 0 Å². The van der Waals surface area contributed by atoms with Crippen LogP contribution in [0.2, 0.25) is 0 Å². The maximum Gasteiger partial charge on any atom is 0.330 e. The summed E-state index contributed by atoms with van der Waals surface area (Å²) in [6.07, 6.45) is 2.09. The molecule has 104 valence electrons. The molecule has 2 fully saturated rings. The molecule has 0 radical (unpaired) electrons. The summed E-state index contributed by atoms with van der Waals surface area (Å²) in [5.41, 5.74) is -1.01. The van der Waals surface area contributed by atoms with Crippen LogP contribution in [0.5, 0.6) is 0 Å². The van der Waals surface area contributed by atoms with E-state index in [-0.39, 0.29) is 17.6 Å². The van der Waals surface area contributed by atoms with Gasteiger partial charge < -0.3 is 4.74 Å². The number of nitrogens with one attached hydrogen (secondary N) is 1. The second-order valence-electron chi connectivity index (χ2n) is 5.06. The maximum absolute atomic E-state index is 14.5. The van der Waals surface area contributed by atoms with Crippen LogP contribution in [0, 0.1) is 0 Å². The molecule has 0 saturated carbocycles. The minimum atomic E-state index is -1.69. The highest BCUT2D eigenvalue weighted by atomic mass is 32.2. The molecular weight excluding hydrogens is 271 g/mol. The van der Waals surface area contributed by atoms with Gasteiger partial charge in [-0.1, -0.05) is 6.92 Å². The zero-order valence-electron chi connectivity index (χ0n) is 10.5. The summed E-state index contributed by atoms with van der Waals surface area (Å²) >= 11 is 1.63. The highest BCUT2D eigenvalue weighted by Crippen LogP contribution is 2.60. The van der Waals surface area contributed by atoms with Gasteiger partial charge in [0, 0.05) is 25.1 Å². The Bertz CT molecular complexity index is 609. The van der Waals surface area contributed by atoms with Crippen LogP contribution < -0.4 is 11.2 Å². The summed E-state index contributed by atoms with van der Waals surface area (Å²) in [5, 5.41) is 0. The molecule has 7 heteroatoms. The minimum absolute atomic E-state index is 0.254. The summed E-state index contributed by atoms with van der Waals surface area (Å²) < 4.78 is 20.9. The molecule has 0 aromatic carbocycles. The maximum atomic E-state index is 14.5. The normalized spacial score (nSPS) is 37.5. The lowest BCUT2D eigenvalue weighted by Gasteiger charge is -2.41. The fourth-order valence-electron chi connectivity index (χ4n) is 2.71. The van der Waals surface area contributed by atoms with E-state index >= 15 is 0 Å². The molecule has 19 heavy (non-hydrogen) atoms. The summed E-state index contributed by atoms with van der Waals surface area (Å²) in [7, 11) is 0. The molecule has 3 atom stereocenters. The van der Waals surface area contributed by atoms with E-state index in [4.69, 9.17) is 4.74 Å². The first kappa shape index (κ1) is 12.9. The van der Waals surface area contributed by atoms with Gasteiger partial charge in [-0.3, -0.25) is 14.3 Å². The second-order valence-corrected chi connectivity index (χ2v) is 6.57. The van der Waals surface area contributed by atoms with Gasteiger partial charge in [-0.25, -0.2) is 9.18 Å². The molecule has 1 spiro atoms. The molecule has 0 amide bonds. The van der Waals surface area contributed by atoms with Crippen molar-refractivity contribution in [1.29, 1.82) is 0 Å². The number of nitrogens with zero attached hydrogens (tertiary/aromatic N) is 1. The van der Waals surface area contributed by atoms with Crippen LogP contribution in [0.4, 0.5) is 4.39 Å². The molecule has 5 nitrogen and oxygen atoms in total. The second kappa shape index (κ2) is 4.21. The third kappa shape index (κ3) is 1.95. The molecule has 1 aromatic heterocycles. The van der Waals surface area contributed by atoms with Gasteiger partial charge in [0.05, 0.1) is 4.75 Å². The molecule has 3 heterocycles. The number of aromatic nitrogens is 2. The first-order chi connectivity index (χ1) is 8.98. The summed E-state index contributed by atoms with van der Waals surface area (Å²) in [4.78, 5) is 25.1. The summed E-state index contributed by atoms with van der Waals surface area (Å²) in [6.45, 7) is 1.73. The molecule has 3 rings (SSSR count). The van der Waals surface area contributed by atoms with Crippen molar-refractivity contribution >= 4 is 11.8 Å². The van der Waals surface area contributed by atoms with Crippen LogP contribution in [-0.2, 0) is 4.74 Å². The van der Waals surface area contributed by atoms with Crippen LogP contribution in [0.15, 0.2) is 21.9 Å². The van der Waals surface area contributed by atoms with Crippen molar-refractivity contribution in [2.45, 2.75) is 43.0 Å². The Morgan fingerprint density at radius 1 is 1.63 bits per heavy atom. The zero-order valence-corrected chi connectivity index (χ0v) is 11.3. The van der Waals surface area contributed by atoms with Gasteiger partial charge in [0.25, 0.3) is 5.56 Å². The molecule has 1 N–H and O–H groups in total. The predicted molar refractivity (Wildman–Crippen MR) is 70.0 cm³/mol. The smallest absolute Gasteiger partial charge is 0.320 e. The molecule has 2 aliphatic heterocycles. The van der Waals surface area contributed by atoms with E-state index in [1.165, 1.54) is 16.8 Å². The lowest BCUT2D eigenvalue weighted by Crippen LogP contribution is -2.44. The molecule has 0 unspecified atom stereocenters. The Morgan fingerprint density at radius 2 is 2.37 bits per heavy atom. The number of aromatic amines is 1. The van der Waals surface area contributed by atoms with E-state index in [1.54, 1.807) is 18.7 Å². The van der Waals surface area contributed by atoms with Crippen molar-refractivity contribution in [3.05, 3.63) is 33.1 Å². The largest absolute Gasteiger partial charge is 0.330 e. The van der Waals surface area contributed by atoms with Gasteiger partial charge in [0.1, 0.15) is 0 Å². The van der Waals surface area contributed by atoms with Crippen molar-refractivity contribution in [3.8, 4) is 0 Å². The third-order valence-electron chi connectivity index (χ3n) is 3.88. The number of halogens is 1. The van der Waals surface area contributed by atoms with Gasteiger partial charge in [0.15, 0.2) is 6.23 Å². The van der Waals surface area contributed by atoms with E-state index in [2.05, 4.69) is 4.98 Å². The lowest BCUT2D eigenvalue weighted by atomic mass is 9.95. The van der Waals surface area contributed by atoms with Gasteiger partial charge in [-0.05, 0) is 12.2 Å². The molecular formula is C12H15FN2O3S. The minimum Gasteiger partial charge on any atom is -0.320 e. The first-order valence-electron chi connectivity index (χ1n) is 6.30. The monoisotopic (exact) mass is 286 g/mol. The Labute approximate surface area is 113 Å². The Morgan fingerprint density at radius 3 is 2.89 bits per heavy atom. The third-order valence-corrected chi connectivity index (χ3v) is 5.42. The van der Waals surface area contributed by atoms with Crippen molar-refractivity contribution in [1.82, 2.24) is 9.55 Å². The van der Waals surface area contributed by atoms with Crippen molar-refractivity contribution in [2.24, 2.45) is 0 Å². The van der Waals surface area contributed by atoms with Gasteiger partial charge in [-0.2, -0.15) is 11.8 Å². The van der Waals surface area contributed by atoms with Crippen LogP contribution in [0.25, 0.3) is 0 Å². The average Bonchev–Trinajstić information content (AvgIpc) is 2.64. The zero-order chi connectivity index (χ0) is 13.7. The first-order valence-corrected chi connectivity index (χ1v) is 7.29. The predicted octanol–water partition coefficient (Wildman–Crippen LogP) is 1.41. The molecule has 2 aliphatic rings. The number of ether oxygens (including phenoxy) is 1. The molecule has 1 aromatic rings. The van der Waals surface area contributed by atoms with Gasteiger partial charge in [-0.15, -0.1) is 0 Å². The average molecular weight is 286 g/mol. The highest BCUT2D eigenvalue weighted by Gasteiger charge is 2.60. The number of thioether (sulfide) groups is 1. The van der Waals surface area contributed by atoms with E-state index in [0.717, 1.165) is 12.2 Å². The van der Waals surface area contributed by atoms with E-state index in [9.17, 15) is 14.0 Å². The Balaban J connectivity index is 2.03. The van der Waals surface area contributed by atoms with Crippen LogP contribution >= 0.6 is 11.8 Å². The molecule has 0 aliphatic carbocycles. The number of rotatable bonds is 2. The number of hydrogen-bond acceptors (Lipinski definition) is 4. The summed E-state index contributed by atoms with van der Waals surface area (Å²) in [5.74, 6) is -0.745. The van der Waals surface area contributed by atoms with E-state index < -0.39 is 23.3 Å². The van der Waals surface area contributed by atoms with Crippen molar-refractivity contribution in [3.63, 3.8) is 0 Å². The van der Waals surface area contributed by atoms with Crippen molar-refractivity contribution in [2.75, 3.05) is 5.75 Å². The number of alkyl halides is 1. The molecule has 2 saturated heterocycles. The van der Waals surface area contributed by atoms with Crippen LogP contribution in [-0.4, -0.2) is 25.9 Å². The lowest BCUT2D eigenvalue weighted by molar-refractivity contribution is -0.158. The SMILES string of the molecule is CC[C@]1(F)C[C@]2(CCS2)[C@H](n2ccc(=O)[nH]c2=O)O1. The number of H-pyrrole nitrogens is 1. The topological polar surface area (TPSA) is 64.1 Å². The standard InChI is InChI=1S/C12H15FN2O3S/c1-2-12(13)7-11(4-6-19-11)9(18-12)15-5-3-8(16)14-10(15)17/h3,5,9H,2,4,6-7H2,1H3,(H,14,16,17)/t9-,11-,12-/m1/s1. The number of hydrogen-bond donors (Lipinski definition) is 1. The van der Waals surface area contributed by atoms with Crippen molar-refractivity contribution < 1.29 is 9.13 Å². The summed E-state index contributed by atoms with van der Waals surface area (Å²) in [6, 6.07) is 1.26. The Hall–Kier alpha value is -1.08. The van der Waals surface area contributed by atoms with Crippen LogP contribution in [0.1, 0.15) is 32.4 Å². The van der Waals surface area contributed by atoms with Gasteiger partial charge >= 0.3 is 5.69 Å². The fourth-order valence-corrected chi connectivity index (χ4v) is 4.06. The Kier molecular flexibility index (Phi) is 2.86. The van der Waals surface area contributed by atoms with Gasteiger partial charge in [0.2, 0.25) is 5.85 Å².